The molecule has 1 aliphatic carbocycles. The molecule has 4 nitrogen and oxygen atoms in total. The minimum absolute atomic E-state index is 0.0740. The molecule has 1 aliphatic rings. The molecule has 0 unspecified atom stereocenters. The van der Waals surface area contributed by atoms with Gasteiger partial charge in [-0.15, -0.1) is 0 Å². The average Bonchev–Trinajstić information content (AvgIpc) is 3.13. The van der Waals surface area contributed by atoms with E-state index in [1.807, 2.05) is 36.4 Å². The van der Waals surface area contributed by atoms with Gasteiger partial charge in [-0.05, 0) is 43.9 Å². The van der Waals surface area contributed by atoms with Gasteiger partial charge < -0.3 is 14.8 Å². The third-order valence-corrected chi connectivity index (χ3v) is 4.55. The van der Waals surface area contributed by atoms with Gasteiger partial charge in [-0.2, -0.15) is 0 Å². The number of ether oxygens (including phenoxy) is 2. The molecule has 5 heteroatoms. The molecule has 1 fully saturated rings. The molecule has 2 aromatic carbocycles. The second-order valence-electron chi connectivity index (χ2n) is 6.13. The molecule has 3 rings (SSSR count). The molecular weight excluding hydrogens is 338 g/mol. The summed E-state index contributed by atoms with van der Waals surface area (Å²) in [7, 11) is 0. The van der Waals surface area contributed by atoms with Crippen molar-refractivity contribution >= 4 is 17.5 Å². The molecule has 1 saturated carbocycles. The van der Waals surface area contributed by atoms with E-state index in [0.717, 1.165) is 24.2 Å². The summed E-state index contributed by atoms with van der Waals surface area (Å²) in [6, 6.07) is 14.9. The Morgan fingerprint density at radius 2 is 1.72 bits per heavy atom. The van der Waals surface area contributed by atoms with Gasteiger partial charge in [0.15, 0.2) is 6.61 Å². The highest BCUT2D eigenvalue weighted by atomic mass is 35.5. The largest absolute Gasteiger partial charge is 0.490 e. The highest BCUT2D eigenvalue weighted by Crippen LogP contribution is 2.26. The molecule has 0 radical (unpaired) electrons. The predicted octanol–water partition coefficient (Wildman–Crippen LogP) is 4.36. The third kappa shape index (κ3) is 5.13. The van der Waals surface area contributed by atoms with Crippen LogP contribution in [0.1, 0.15) is 31.2 Å². The van der Waals surface area contributed by atoms with E-state index < -0.39 is 0 Å². The van der Waals surface area contributed by atoms with Crippen LogP contribution in [0.25, 0.3) is 0 Å². The number of para-hydroxylation sites is 2. The fraction of sp³-hybridized carbons (Fsp3) is 0.350. The summed E-state index contributed by atoms with van der Waals surface area (Å²) >= 11 is 6.01. The number of amides is 1. The number of carbonyl (C=O) groups excluding carboxylic acids is 1. The number of hydrogen-bond acceptors (Lipinski definition) is 3. The third-order valence-electron chi connectivity index (χ3n) is 4.24. The minimum atomic E-state index is -0.199. The van der Waals surface area contributed by atoms with Crippen LogP contribution in [0.5, 0.6) is 11.5 Å². The van der Waals surface area contributed by atoms with Crippen molar-refractivity contribution in [2.75, 3.05) is 6.61 Å². The maximum Gasteiger partial charge on any atom is 0.258 e. The van der Waals surface area contributed by atoms with E-state index in [4.69, 9.17) is 21.1 Å². The van der Waals surface area contributed by atoms with Gasteiger partial charge in [-0.3, -0.25) is 4.79 Å². The van der Waals surface area contributed by atoms with E-state index in [1.54, 1.807) is 12.1 Å². The van der Waals surface area contributed by atoms with Crippen molar-refractivity contribution in [1.82, 2.24) is 5.32 Å². The van der Waals surface area contributed by atoms with E-state index in [1.165, 1.54) is 12.8 Å². The van der Waals surface area contributed by atoms with Gasteiger partial charge in [0.25, 0.3) is 5.91 Å². The Labute approximate surface area is 153 Å². The van der Waals surface area contributed by atoms with Crippen molar-refractivity contribution < 1.29 is 14.3 Å². The van der Waals surface area contributed by atoms with Crippen LogP contribution >= 0.6 is 11.6 Å². The van der Waals surface area contributed by atoms with Crippen molar-refractivity contribution in [3.8, 4) is 11.5 Å². The molecule has 2 aromatic rings. The van der Waals surface area contributed by atoms with Gasteiger partial charge in [0.2, 0.25) is 0 Å². The zero-order chi connectivity index (χ0) is 17.5. The van der Waals surface area contributed by atoms with Crippen LogP contribution in [-0.4, -0.2) is 18.6 Å². The molecule has 0 aliphatic heterocycles. The first-order chi connectivity index (χ1) is 12.2. The number of carbonyl (C=O) groups is 1. The Hall–Kier alpha value is -2.20. The lowest BCUT2D eigenvalue weighted by Gasteiger charge is -2.17. The SMILES string of the molecule is O=C(COc1ccccc1Cl)NCc1ccccc1OC1CCCC1. The summed E-state index contributed by atoms with van der Waals surface area (Å²) in [6.45, 7) is 0.336. The topological polar surface area (TPSA) is 47.6 Å². The highest BCUT2D eigenvalue weighted by molar-refractivity contribution is 6.32. The summed E-state index contributed by atoms with van der Waals surface area (Å²) < 4.78 is 11.5. The second-order valence-corrected chi connectivity index (χ2v) is 6.54. The summed E-state index contributed by atoms with van der Waals surface area (Å²) in [5.41, 5.74) is 0.973. The quantitative estimate of drug-likeness (QED) is 0.799. The maximum absolute atomic E-state index is 12.0. The molecule has 132 valence electrons. The van der Waals surface area contributed by atoms with Crippen molar-refractivity contribution in [3.05, 3.63) is 59.1 Å². The zero-order valence-corrected chi connectivity index (χ0v) is 14.8. The lowest BCUT2D eigenvalue weighted by molar-refractivity contribution is -0.123. The van der Waals surface area contributed by atoms with Gasteiger partial charge in [-0.1, -0.05) is 41.9 Å². The van der Waals surface area contributed by atoms with E-state index in [-0.39, 0.29) is 12.5 Å². The lowest BCUT2D eigenvalue weighted by atomic mass is 10.2. The predicted molar refractivity (Wildman–Crippen MR) is 98.1 cm³/mol. The van der Waals surface area contributed by atoms with Gasteiger partial charge >= 0.3 is 0 Å². The molecule has 0 heterocycles. The monoisotopic (exact) mass is 359 g/mol. The van der Waals surface area contributed by atoms with Gasteiger partial charge in [0, 0.05) is 12.1 Å². The normalized spacial score (nSPS) is 14.3. The van der Waals surface area contributed by atoms with Crippen LogP contribution in [0, 0.1) is 0 Å². The standard InChI is InChI=1S/C20H22ClNO3/c21-17-10-4-6-12-19(17)24-14-20(23)22-13-15-7-1-5-11-18(15)25-16-8-2-3-9-16/h1,4-7,10-12,16H,2-3,8-9,13-14H2,(H,22,23). The van der Waals surface area contributed by atoms with Gasteiger partial charge in [0.1, 0.15) is 11.5 Å². The van der Waals surface area contributed by atoms with E-state index in [2.05, 4.69) is 5.32 Å². The molecule has 1 amide bonds. The second kappa shape index (κ2) is 8.77. The molecule has 1 N–H and O–H groups in total. The first-order valence-electron chi connectivity index (χ1n) is 8.61. The Morgan fingerprint density at radius 3 is 2.48 bits per heavy atom. The van der Waals surface area contributed by atoms with Crippen LogP contribution in [0.15, 0.2) is 48.5 Å². The Kier molecular flexibility index (Phi) is 6.18. The van der Waals surface area contributed by atoms with Crippen LogP contribution in [0.4, 0.5) is 0 Å². The van der Waals surface area contributed by atoms with E-state index in [9.17, 15) is 4.79 Å². The molecule has 0 atom stereocenters. The van der Waals surface area contributed by atoms with Crippen LogP contribution < -0.4 is 14.8 Å². The summed E-state index contributed by atoms with van der Waals surface area (Å²) in [5, 5.41) is 3.36. The zero-order valence-electron chi connectivity index (χ0n) is 14.0. The van der Waals surface area contributed by atoms with Crippen LogP contribution in [-0.2, 0) is 11.3 Å². The fourth-order valence-electron chi connectivity index (χ4n) is 2.90. The Bertz CT molecular complexity index is 714. The number of nitrogens with one attached hydrogen (secondary N) is 1. The molecule has 25 heavy (non-hydrogen) atoms. The smallest absolute Gasteiger partial charge is 0.258 e. The Balaban J connectivity index is 1.51. The minimum Gasteiger partial charge on any atom is -0.490 e. The Morgan fingerprint density at radius 1 is 1.04 bits per heavy atom. The number of hydrogen-bond donors (Lipinski definition) is 1. The van der Waals surface area contributed by atoms with Gasteiger partial charge in [0.05, 0.1) is 11.1 Å². The van der Waals surface area contributed by atoms with Crippen LogP contribution in [0.3, 0.4) is 0 Å². The number of benzene rings is 2. The molecule has 0 saturated heterocycles. The summed E-state index contributed by atoms with van der Waals surface area (Å²) in [5.74, 6) is 1.15. The van der Waals surface area contributed by atoms with Crippen molar-refractivity contribution in [2.24, 2.45) is 0 Å². The summed E-state index contributed by atoms with van der Waals surface area (Å²) in [4.78, 5) is 12.0. The fourth-order valence-corrected chi connectivity index (χ4v) is 3.09. The van der Waals surface area contributed by atoms with Crippen molar-refractivity contribution in [2.45, 2.75) is 38.3 Å². The molecule has 0 aromatic heterocycles. The average molecular weight is 360 g/mol. The molecule has 0 bridgehead atoms. The number of halogens is 1. The van der Waals surface area contributed by atoms with E-state index in [0.29, 0.717) is 23.4 Å². The van der Waals surface area contributed by atoms with Crippen molar-refractivity contribution in [3.63, 3.8) is 0 Å². The highest BCUT2D eigenvalue weighted by Gasteiger charge is 2.18. The maximum atomic E-state index is 12.0. The summed E-state index contributed by atoms with van der Waals surface area (Å²) in [6.07, 6.45) is 4.95. The first-order valence-corrected chi connectivity index (χ1v) is 8.99. The van der Waals surface area contributed by atoms with Gasteiger partial charge in [-0.25, -0.2) is 0 Å². The van der Waals surface area contributed by atoms with Crippen molar-refractivity contribution in [1.29, 1.82) is 0 Å². The molecular formula is C20H22ClNO3. The molecule has 0 spiro atoms. The first kappa shape index (κ1) is 17.6. The van der Waals surface area contributed by atoms with Crippen LogP contribution in [0.2, 0.25) is 5.02 Å². The van der Waals surface area contributed by atoms with E-state index >= 15 is 0 Å². The lowest BCUT2D eigenvalue weighted by Crippen LogP contribution is -2.28. The number of rotatable bonds is 7.